The summed E-state index contributed by atoms with van der Waals surface area (Å²) in [5, 5.41) is 9.10. The molecule has 146 valence electrons. The Bertz CT molecular complexity index is 768. The largest absolute Gasteiger partial charge is 0.496 e. The molecular formula is C17H19BrN2O7. The average Bonchev–Trinajstić information content (AvgIpc) is 2.80. The molecule has 1 aliphatic heterocycles. The summed E-state index contributed by atoms with van der Waals surface area (Å²) >= 11 is 3.34. The first-order chi connectivity index (χ1) is 12.8. The molecule has 2 rings (SSSR count). The number of urea groups is 1. The molecule has 1 aromatic rings. The van der Waals surface area contributed by atoms with Crippen LogP contribution in [-0.2, 0) is 25.7 Å². The van der Waals surface area contributed by atoms with E-state index in [1.807, 2.05) is 0 Å². The van der Waals surface area contributed by atoms with Gasteiger partial charge >= 0.3 is 18.0 Å². The van der Waals surface area contributed by atoms with Gasteiger partial charge in [0.25, 0.3) is 5.91 Å². The Hall–Kier alpha value is -2.62. The number of carboxylic acids is 1. The third-order valence-electron chi connectivity index (χ3n) is 3.93. The molecule has 1 aromatic carbocycles. The minimum atomic E-state index is -1.22. The lowest BCUT2D eigenvalue weighted by atomic mass is 10.1. The summed E-state index contributed by atoms with van der Waals surface area (Å²) in [4.78, 5) is 49.9. The van der Waals surface area contributed by atoms with Crippen molar-refractivity contribution in [2.45, 2.75) is 25.9 Å². The summed E-state index contributed by atoms with van der Waals surface area (Å²) in [5.41, 5.74) is 0.664. The minimum absolute atomic E-state index is 0.00440. The zero-order valence-electron chi connectivity index (χ0n) is 14.8. The van der Waals surface area contributed by atoms with E-state index in [1.165, 1.54) is 7.11 Å². The molecule has 0 aromatic heterocycles. The van der Waals surface area contributed by atoms with Gasteiger partial charge in [0.05, 0.1) is 24.6 Å². The predicted molar refractivity (Wildman–Crippen MR) is 96.0 cm³/mol. The van der Waals surface area contributed by atoms with Crippen molar-refractivity contribution in [3.63, 3.8) is 0 Å². The lowest BCUT2D eigenvalue weighted by Crippen LogP contribution is -2.37. The third kappa shape index (κ3) is 4.76. The van der Waals surface area contributed by atoms with E-state index in [9.17, 15) is 19.2 Å². The van der Waals surface area contributed by atoms with E-state index < -0.39 is 42.9 Å². The van der Waals surface area contributed by atoms with Gasteiger partial charge in [0.15, 0.2) is 0 Å². The predicted octanol–water partition coefficient (Wildman–Crippen LogP) is 1.63. The number of esters is 1. The van der Waals surface area contributed by atoms with Crippen molar-refractivity contribution >= 4 is 39.8 Å². The molecule has 10 heteroatoms. The van der Waals surface area contributed by atoms with Crippen LogP contribution in [0.15, 0.2) is 22.7 Å². The fraction of sp³-hybridized carbons (Fsp3) is 0.412. The van der Waals surface area contributed by atoms with Gasteiger partial charge in [0.2, 0.25) is 0 Å². The van der Waals surface area contributed by atoms with E-state index in [0.717, 1.165) is 9.80 Å². The topological polar surface area (TPSA) is 113 Å². The van der Waals surface area contributed by atoms with E-state index in [0.29, 0.717) is 15.8 Å². The smallest absolute Gasteiger partial charge is 0.328 e. The zero-order valence-corrected chi connectivity index (χ0v) is 16.4. The highest BCUT2D eigenvalue weighted by molar-refractivity contribution is 9.10. The molecule has 1 N–H and O–H groups in total. The van der Waals surface area contributed by atoms with E-state index >= 15 is 0 Å². The van der Waals surface area contributed by atoms with Crippen molar-refractivity contribution < 1.29 is 33.8 Å². The van der Waals surface area contributed by atoms with Gasteiger partial charge in [-0.1, -0.05) is 6.07 Å². The molecule has 27 heavy (non-hydrogen) atoms. The maximum atomic E-state index is 12.7. The Balaban J connectivity index is 2.26. The lowest BCUT2D eigenvalue weighted by Gasteiger charge is -2.21. The Morgan fingerprint density at radius 3 is 2.56 bits per heavy atom. The van der Waals surface area contributed by atoms with Gasteiger partial charge < -0.3 is 19.5 Å². The molecule has 0 bridgehead atoms. The molecule has 1 saturated heterocycles. The molecule has 0 saturated carbocycles. The van der Waals surface area contributed by atoms with E-state index in [-0.39, 0.29) is 13.2 Å². The molecule has 1 aliphatic rings. The number of imide groups is 1. The van der Waals surface area contributed by atoms with E-state index in [2.05, 4.69) is 15.9 Å². The number of methoxy groups -OCH3 is 1. The number of halogens is 1. The fourth-order valence-corrected chi connectivity index (χ4v) is 3.31. The second kappa shape index (κ2) is 8.85. The highest BCUT2D eigenvalue weighted by atomic mass is 79.9. The normalized spacial score (nSPS) is 16.6. The van der Waals surface area contributed by atoms with E-state index in [4.69, 9.17) is 14.6 Å². The molecule has 1 heterocycles. The maximum absolute atomic E-state index is 12.7. The summed E-state index contributed by atoms with van der Waals surface area (Å²) in [6.45, 7) is 1.17. The van der Waals surface area contributed by atoms with Crippen molar-refractivity contribution in [1.29, 1.82) is 0 Å². The van der Waals surface area contributed by atoms with Crippen LogP contribution in [0.1, 0.15) is 18.9 Å². The van der Waals surface area contributed by atoms with Crippen LogP contribution in [0.5, 0.6) is 5.75 Å². The van der Waals surface area contributed by atoms with Crippen molar-refractivity contribution in [2.75, 3.05) is 20.3 Å². The number of carbonyl (C=O) groups is 4. The Morgan fingerprint density at radius 2 is 2.00 bits per heavy atom. The van der Waals surface area contributed by atoms with Gasteiger partial charge in [-0.15, -0.1) is 0 Å². The monoisotopic (exact) mass is 442 g/mol. The summed E-state index contributed by atoms with van der Waals surface area (Å²) in [5.74, 6) is -2.10. The molecule has 3 amide bonds. The average molecular weight is 443 g/mol. The van der Waals surface area contributed by atoms with Gasteiger partial charge in [-0.3, -0.25) is 19.3 Å². The van der Waals surface area contributed by atoms with Crippen LogP contribution < -0.4 is 4.74 Å². The number of carboxylic acid groups (broad SMARTS) is 1. The van der Waals surface area contributed by atoms with Crippen molar-refractivity contribution in [2.24, 2.45) is 0 Å². The standard InChI is InChI=1S/C17H19BrN2O7/c1-3-27-15(23)9-20-16(24)12(7-14(21)22)19(17(20)25)8-10-4-5-13(26-2)11(18)6-10/h4-6,12H,3,7-9H2,1-2H3,(H,21,22)/t12-/m0/s1. The molecule has 9 nitrogen and oxygen atoms in total. The van der Waals surface area contributed by atoms with Gasteiger partial charge in [0.1, 0.15) is 18.3 Å². The third-order valence-corrected chi connectivity index (χ3v) is 4.55. The first-order valence-electron chi connectivity index (χ1n) is 8.10. The lowest BCUT2D eigenvalue weighted by molar-refractivity contribution is -0.147. The minimum Gasteiger partial charge on any atom is -0.496 e. The van der Waals surface area contributed by atoms with Crippen LogP contribution in [-0.4, -0.2) is 65.1 Å². The van der Waals surface area contributed by atoms with Crippen molar-refractivity contribution in [1.82, 2.24) is 9.80 Å². The number of carbonyl (C=O) groups excluding carboxylic acids is 3. The van der Waals surface area contributed by atoms with Crippen LogP contribution in [0.3, 0.4) is 0 Å². The van der Waals surface area contributed by atoms with Gasteiger partial charge in [-0.05, 0) is 40.5 Å². The van der Waals surface area contributed by atoms with E-state index in [1.54, 1.807) is 25.1 Å². The number of hydrogen-bond donors (Lipinski definition) is 1. The van der Waals surface area contributed by atoms with Crippen LogP contribution in [0, 0.1) is 0 Å². The zero-order chi connectivity index (χ0) is 20.1. The molecule has 0 radical (unpaired) electrons. The number of amides is 3. The molecular weight excluding hydrogens is 424 g/mol. The van der Waals surface area contributed by atoms with Crippen molar-refractivity contribution in [3.8, 4) is 5.75 Å². The number of rotatable bonds is 8. The fourth-order valence-electron chi connectivity index (χ4n) is 2.72. The number of hydrogen-bond acceptors (Lipinski definition) is 6. The first kappa shape index (κ1) is 20.7. The maximum Gasteiger partial charge on any atom is 0.328 e. The first-order valence-corrected chi connectivity index (χ1v) is 8.89. The van der Waals surface area contributed by atoms with Crippen LogP contribution in [0.25, 0.3) is 0 Å². The number of ether oxygens (including phenoxy) is 2. The summed E-state index contributed by atoms with van der Waals surface area (Å²) in [6, 6.07) is 3.18. The molecule has 0 aliphatic carbocycles. The Labute approximate surface area is 163 Å². The summed E-state index contributed by atoms with van der Waals surface area (Å²) in [6.07, 6.45) is -0.554. The van der Waals surface area contributed by atoms with Gasteiger partial charge in [0, 0.05) is 6.54 Å². The number of nitrogens with zero attached hydrogens (tertiary/aromatic N) is 2. The summed E-state index contributed by atoms with van der Waals surface area (Å²) < 4.78 is 10.6. The second-order valence-corrected chi connectivity index (χ2v) is 6.58. The van der Waals surface area contributed by atoms with Gasteiger partial charge in [-0.25, -0.2) is 4.79 Å². The molecule has 0 unspecified atom stereocenters. The Morgan fingerprint density at radius 1 is 1.30 bits per heavy atom. The molecule has 1 atom stereocenters. The molecule has 1 fully saturated rings. The highest BCUT2D eigenvalue weighted by Crippen LogP contribution is 2.28. The molecule has 0 spiro atoms. The van der Waals surface area contributed by atoms with Crippen LogP contribution in [0.2, 0.25) is 0 Å². The summed E-state index contributed by atoms with van der Waals surface area (Å²) in [7, 11) is 1.51. The number of aliphatic carboxylic acids is 1. The highest BCUT2D eigenvalue weighted by Gasteiger charge is 2.46. The number of benzene rings is 1. The quantitative estimate of drug-likeness (QED) is 0.480. The van der Waals surface area contributed by atoms with Crippen LogP contribution >= 0.6 is 15.9 Å². The van der Waals surface area contributed by atoms with Crippen molar-refractivity contribution in [3.05, 3.63) is 28.2 Å². The van der Waals surface area contributed by atoms with Gasteiger partial charge in [-0.2, -0.15) is 0 Å². The van der Waals surface area contributed by atoms with Crippen LogP contribution in [0.4, 0.5) is 4.79 Å². The second-order valence-electron chi connectivity index (χ2n) is 5.72. The Kier molecular flexibility index (Phi) is 6.78. The SMILES string of the molecule is CCOC(=O)CN1C(=O)[C@H](CC(=O)O)N(Cc2ccc(OC)c(Br)c2)C1=O.